The number of carbonyl (C=O) groups is 1. The SMILES string of the molecule is CCOCC(=O)NC1CC(OC)C1. The molecule has 1 fully saturated rings. The molecule has 1 aliphatic rings. The highest BCUT2D eigenvalue weighted by atomic mass is 16.5. The van der Waals surface area contributed by atoms with Crippen molar-refractivity contribution in [1.82, 2.24) is 5.32 Å². The Bertz CT molecular complexity index is 166. The molecule has 0 aromatic carbocycles. The van der Waals surface area contributed by atoms with E-state index in [1.54, 1.807) is 7.11 Å². The normalized spacial score (nSPS) is 26.6. The van der Waals surface area contributed by atoms with Crippen molar-refractivity contribution in [1.29, 1.82) is 0 Å². The number of rotatable bonds is 5. The summed E-state index contributed by atoms with van der Waals surface area (Å²) in [7, 11) is 1.70. The average molecular weight is 187 g/mol. The smallest absolute Gasteiger partial charge is 0.246 e. The van der Waals surface area contributed by atoms with Gasteiger partial charge < -0.3 is 14.8 Å². The van der Waals surface area contributed by atoms with Crippen molar-refractivity contribution < 1.29 is 14.3 Å². The molecule has 1 aliphatic carbocycles. The molecule has 0 aliphatic heterocycles. The van der Waals surface area contributed by atoms with E-state index in [9.17, 15) is 4.79 Å². The van der Waals surface area contributed by atoms with Gasteiger partial charge in [-0.05, 0) is 19.8 Å². The van der Waals surface area contributed by atoms with Crippen LogP contribution in [0.4, 0.5) is 0 Å². The van der Waals surface area contributed by atoms with Crippen LogP contribution >= 0.6 is 0 Å². The maximum absolute atomic E-state index is 11.1. The van der Waals surface area contributed by atoms with Crippen LogP contribution in [-0.4, -0.2) is 38.4 Å². The summed E-state index contributed by atoms with van der Waals surface area (Å²) in [6, 6.07) is 0.290. The minimum atomic E-state index is -0.0265. The van der Waals surface area contributed by atoms with E-state index in [0.29, 0.717) is 12.7 Å². The van der Waals surface area contributed by atoms with Crippen molar-refractivity contribution >= 4 is 5.91 Å². The monoisotopic (exact) mass is 187 g/mol. The Kier molecular flexibility index (Phi) is 4.18. The van der Waals surface area contributed by atoms with Crippen molar-refractivity contribution in [2.24, 2.45) is 0 Å². The van der Waals surface area contributed by atoms with E-state index in [0.717, 1.165) is 12.8 Å². The first-order valence-electron chi connectivity index (χ1n) is 4.66. The molecule has 0 aromatic heterocycles. The fraction of sp³-hybridized carbons (Fsp3) is 0.889. The number of methoxy groups -OCH3 is 1. The van der Waals surface area contributed by atoms with Gasteiger partial charge in [0.05, 0.1) is 6.10 Å². The average Bonchev–Trinajstić information content (AvgIpc) is 2.07. The number of amides is 1. The van der Waals surface area contributed by atoms with Gasteiger partial charge >= 0.3 is 0 Å². The predicted molar refractivity (Wildman–Crippen MR) is 48.5 cm³/mol. The van der Waals surface area contributed by atoms with Gasteiger partial charge in [0.1, 0.15) is 6.61 Å². The zero-order chi connectivity index (χ0) is 9.68. The molecule has 13 heavy (non-hydrogen) atoms. The molecule has 0 aromatic rings. The van der Waals surface area contributed by atoms with Crippen molar-refractivity contribution in [3.05, 3.63) is 0 Å². The Morgan fingerprint density at radius 3 is 2.77 bits per heavy atom. The van der Waals surface area contributed by atoms with E-state index in [1.165, 1.54) is 0 Å². The van der Waals surface area contributed by atoms with Gasteiger partial charge in [0.25, 0.3) is 0 Å². The fourth-order valence-electron chi connectivity index (χ4n) is 1.34. The molecule has 4 heteroatoms. The zero-order valence-corrected chi connectivity index (χ0v) is 8.21. The van der Waals surface area contributed by atoms with Crippen LogP contribution in [0.5, 0.6) is 0 Å². The van der Waals surface area contributed by atoms with Crippen molar-refractivity contribution in [2.45, 2.75) is 31.9 Å². The third kappa shape index (κ3) is 3.32. The van der Waals surface area contributed by atoms with Crippen LogP contribution in [0.25, 0.3) is 0 Å². The first kappa shape index (κ1) is 10.5. The number of ether oxygens (including phenoxy) is 2. The summed E-state index contributed by atoms with van der Waals surface area (Å²) in [4.78, 5) is 11.1. The van der Waals surface area contributed by atoms with Crippen LogP contribution in [-0.2, 0) is 14.3 Å². The molecule has 0 heterocycles. The summed E-state index contributed by atoms with van der Waals surface area (Å²) in [5.74, 6) is -0.0265. The van der Waals surface area contributed by atoms with Crippen LogP contribution in [0.2, 0.25) is 0 Å². The molecule has 1 N–H and O–H groups in total. The summed E-state index contributed by atoms with van der Waals surface area (Å²) in [5, 5.41) is 2.87. The van der Waals surface area contributed by atoms with Gasteiger partial charge in [0.15, 0.2) is 0 Å². The van der Waals surface area contributed by atoms with E-state index < -0.39 is 0 Å². The number of carbonyl (C=O) groups excluding carboxylic acids is 1. The van der Waals surface area contributed by atoms with Gasteiger partial charge in [0, 0.05) is 19.8 Å². The molecule has 0 spiro atoms. The number of hydrogen-bond acceptors (Lipinski definition) is 3. The van der Waals surface area contributed by atoms with E-state index in [1.807, 2.05) is 6.92 Å². The topological polar surface area (TPSA) is 47.6 Å². The molecular formula is C9H17NO3. The molecule has 1 amide bonds. The van der Waals surface area contributed by atoms with Gasteiger partial charge in [-0.1, -0.05) is 0 Å². The van der Waals surface area contributed by atoms with Crippen LogP contribution < -0.4 is 5.32 Å². The first-order valence-corrected chi connectivity index (χ1v) is 4.66. The molecule has 0 atom stereocenters. The molecular weight excluding hydrogens is 170 g/mol. The minimum absolute atomic E-state index is 0.0265. The zero-order valence-electron chi connectivity index (χ0n) is 8.21. The largest absolute Gasteiger partial charge is 0.381 e. The predicted octanol–water partition coefficient (Wildman–Crippen LogP) is 0.317. The standard InChI is InChI=1S/C9H17NO3/c1-3-13-6-9(11)10-7-4-8(5-7)12-2/h7-8H,3-6H2,1-2H3,(H,10,11). The lowest BCUT2D eigenvalue weighted by atomic mass is 9.89. The summed E-state index contributed by atoms with van der Waals surface area (Å²) in [6.07, 6.45) is 2.18. The first-order chi connectivity index (χ1) is 6.26. The molecule has 0 bridgehead atoms. The summed E-state index contributed by atoms with van der Waals surface area (Å²) in [6.45, 7) is 2.63. The van der Waals surface area contributed by atoms with Gasteiger partial charge in [-0.3, -0.25) is 4.79 Å². The molecule has 76 valence electrons. The fourth-order valence-corrected chi connectivity index (χ4v) is 1.34. The van der Waals surface area contributed by atoms with E-state index in [-0.39, 0.29) is 18.6 Å². The molecule has 1 saturated carbocycles. The minimum Gasteiger partial charge on any atom is -0.381 e. The Hall–Kier alpha value is -0.610. The van der Waals surface area contributed by atoms with E-state index in [4.69, 9.17) is 9.47 Å². The van der Waals surface area contributed by atoms with Crippen LogP contribution in [0.15, 0.2) is 0 Å². The summed E-state index contributed by atoms with van der Waals surface area (Å²) >= 11 is 0. The lowest BCUT2D eigenvalue weighted by molar-refractivity contribution is -0.127. The van der Waals surface area contributed by atoms with Crippen LogP contribution in [0.3, 0.4) is 0 Å². The quantitative estimate of drug-likeness (QED) is 0.674. The second-order valence-corrected chi connectivity index (χ2v) is 3.23. The number of nitrogens with one attached hydrogen (secondary N) is 1. The molecule has 4 nitrogen and oxygen atoms in total. The summed E-state index contributed by atoms with van der Waals surface area (Å²) < 4.78 is 10.1. The molecule has 0 radical (unpaired) electrons. The van der Waals surface area contributed by atoms with Gasteiger partial charge in [-0.2, -0.15) is 0 Å². The Balaban J connectivity index is 2.03. The van der Waals surface area contributed by atoms with Gasteiger partial charge in [0.2, 0.25) is 5.91 Å². The van der Waals surface area contributed by atoms with Crippen molar-refractivity contribution in [3.8, 4) is 0 Å². The highest BCUT2D eigenvalue weighted by Gasteiger charge is 2.29. The van der Waals surface area contributed by atoms with E-state index >= 15 is 0 Å². The van der Waals surface area contributed by atoms with Crippen LogP contribution in [0, 0.1) is 0 Å². The molecule has 0 unspecified atom stereocenters. The molecule has 0 saturated heterocycles. The third-order valence-corrected chi connectivity index (χ3v) is 2.23. The Morgan fingerprint density at radius 1 is 1.54 bits per heavy atom. The summed E-state index contributed by atoms with van der Waals surface area (Å²) in [5.41, 5.74) is 0. The lowest BCUT2D eigenvalue weighted by Crippen LogP contribution is -2.48. The van der Waals surface area contributed by atoms with E-state index in [2.05, 4.69) is 5.32 Å². The third-order valence-electron chi connectivity index (χ3n) is 2.23. The van der Waals surface area contributed by atoms with Crippen molar-refractivity contribution in [2.75, 3.05) is 20.3 Å². The second-order valence-electron chi connectivity index (χ2n) is 3.23. The van der Waals surface area contributed by atoms with Crippen molar-refractivity contribution in [3.63, 3.8) is 0 Å². The Morgan fingerprint density at radius 2 is 2.23 bits per heavy atom. The Labute approximate surface area is 78.6 Å². The van der Waals surface area contributed by atoms with Gasteiger partial charge in [-0.25, -0.2) is 0 Å². The van der Waals surface area contributed by atoms with Crippen LogP contribution in [0.1, 0.15) is 19.8 Å². The highest BCUT2D eigenvalue weighted by molar-refractivity contribution is 5.77. The molecule has 1 rings (SSSR count). The lowest BCUT2D eigenvalue weighted by Gasteiger charge is -2.34. The maximum atomic E-state index is 11.1. The van der Waals surface area contributed by atoms with Gasteiger partial charge in [-0.15, -0.1) is 0 Å². The highest BCUT2D eigenvalue weighted by Crippen LogP contribution is 2.22. The number of hydrogen-bond donors (Lipinski definition) is 1. The maximum Gasteiger partial charge on any atom is 0.246 e. The second kappa shape index (κ2) is 5.19.